The summed E-state index contributed by atoms with van der Waals surface area (Å²) in [5.41, 5.74) is 0.911. The van der Waals surface area contributed by atoms with Gasteiger partial charge in [-0.1, -0.05) is 18.2 Å². The maximum absolute atomic E-state index is 11.9. The number of aromatic nitrogens is 2. The second-order valence-electron chi connectivity index (χ2n) is 5.69. The van der Waals surface area contributed by atoms with Crippen LogP contribution in [-0.2, 0) is 16.1 Å². The zero-order valence-corrected chi connectivity index (χ0v) is 13.3. The summed E-state index contributed by atoms with van der Waals surface area (Å²) in [5.74, 6) is 0.945. The number of hydrogen-bond acceptors (Lipinski definition) is 6. The molecule has 1 atom stereocenters. The van der Waals surface area contributed by atoms with E-state index < -0.39 is 0 Å². The summed E-state index contributed by atoms with van der Waals surface area (Å²) in [4.78, 5) is 14.1. The van der Waals surface area contributed by atoms with Crippen molar-refractivity contribution >= 4 is 5.97 Å². The van der Waals surface area contributed by atoms with Crippen LogP contribution >= 0.6 is 0 Å². The maximum atomic E-state index is 11.9. The predicted molar refractivity (Wildman–Crippen MR) is 84.4 cm³/mol. The molecule has 0 bridgehead atoms. The normalized spacial score (nSPS) is 18.7. The van der Waals surface area contributed by atoms with Gasteiger partial charge in [0.15, 0.2) is 0 Å². The van der Waals surface area contributed by atoms with Gasteiger partial charge >= 0.3 is 5.97 Å². The Balaban J connectivity index is 1.61. The number of likely N-dealkylation sites (tertiary alicyclic amines) is 1. The van der Waals surface area contributed by atoms with Crippen molar-refractivity contribution in [3.63, 3.8) is 0 Å². The molecule has 1 saturated heterocycles. The molecule has 1 aromatic heterocycles. The van der Waals surface area contributed by atoms with E-state index in [1.54, 1.807) is 0 Å². The summed E-state index contributed by atoms with van der Waals surface area (Å²) in [6, 6.07) is 9.70. The van der Waals surface area contributed by atoms with Gasteiger partial charge in [-0.15, -0.1) is 10.2 Å². The third kappa shape index (κ3) is 3.96. The van der Waals surface area contributed by atoms with Gasteiger partial charge in [-0.2, -0.15) is 0 Å². The molecule has 1 fully saturated rings. The highest BCUT2D eigenvalue weighted by atomic mass is 16.5. The standard InChI is InChI=1S/C17H21N3O3/c1-2-22-17(21)14-9-6-10-20(11-14)12-15-18-19-16(23-15)13-7-4-3-5-8-13/h3-5,7-8,14H,2,6,9-12H2,1H3. The van der Waals surface area contributed by atoms with Crippen molar-refractivity contribution in [2.45, 2.75) is 26.3 Å². The molecule has 6 nitrogen and oxygen atoms in total. The van der Waals surface area contributed by atoms with E-state index in [0.29, 0.717) is 31.5 Å². The van der Waals surface area contributed by atoms with E-state index in [2.05, 4.69) is 15.1 Å². The lowest BCUT2D eigenvalue weighted by atomic mass is 9.98. The lowest BCUT2D eigenvalue weighted by Gasteiger charge is -2.30. The average Bonchev–Trinajstić information content (AvgIpc) is 3.05. The van der Waals surface area contributed by atoms with Crippen molar-refractivity contribution in [2.75, 3.05) is 19.7 Å². The molecule has 0 saturated carbocycles. The van der Waals surface area contributed by atoms with E-state index >= 15 is 0 Å². The monoisotopic (exact) mass is 315 g/mol. The fourth-order valence-electron chi connectivity index (χ4n) is 2.86. The van der Waals surface area contributed by atoms with Crippen molar-refractivity contribution in [2.24, 2.45) is 5.92 Å². The Morgan fingerprint density at radius 2 is 2.17 bits per heavy atom. The molecule has 2 aromatic rings. The number of nitrogens with zero attached hydrogens (tertiary/aromatic N) is 3. The minimum atomic E-state index is -0.104. The van der Waals surface area contributed by atoms with Crippen LogP contribution < -0.4 is 0 Å². The SMILES string of the molecule is CCOC(=O)C1CCCN(Cc2nnc(-c3ccccc3)o2)C1. The van der Waals surface area contributed by atoms with Crippen molar-refractivity contribution in [1.82, 2.24) is 15.1 Å². The van der Waals surface area contributed by atoms with Crippen LogP contribution in [0.1, 0.15) is 25.7 Å². The van der Waals surface area contributed by atoms with Crippen molar-refractivity contribution < 1.29 is 13.9 Å². The molecule has 0 N–H and O–H groups in total. The molecule has 1 aromatic carbocycles. The largest absolute Gasteiger partial charge is 0.466 e. The Bertz CT molecular complexity index is 642. The summed E-state index contributed by atoms with van der Waals surface area (Å²) in [7, 11) is 0. The van der Waals surface area contributed by atoms with Gasteiger partial charge in [-0.3, -0.25) is 9.69 Å². The summed E-state index contributed by atoms with van der Waals surface area (Å²) >= 11 is 0. The van der Waals surface area contributed by atoms with Crippen LogP contribution in [0.5, 0.6) is 0 Å². The number of rotatable bonds is 5. The predicted octanol–water partition coefficient (Wildman–Crippen LogP) is 2.51. The maximum Gasteiger partial charge on any atom is 0.310 e. The average molecular weight is 315 g/mol. The first-order chi connectivity index (χ1) is 11.3. The van der Waals surface area contributed by atoms with Gasteiger partial charge in [0.05, 0.1) is 19.1 Å². The molecule has 1 unspecified atom stereocenters. The Morgan fingerprint density at radius 1 is 1.35 bits per heavy atom. The van der Waals surface area contributed by atoms with E-state index in [9.17, 15) is 4.79 Å². The van der Waals surface area contributed by atoms with E-state index in [1.165, 1.54) is 0 Å². The Labute approximate surface area is 135 Å². The number of ether oxygens (including phenoxy) is 1. The highest BCUT2D eigenvalue weighted by molar-refractivity contribution is 5.72. The summed E-state index contributed by atoms with van der Waals surface area (Å²) in [6.07, 6.45) is 1.86. The molecule has 0 amide bonds. The molecule has 2 heterocycles. The number of benzene rings is 1. The Hall–Kier alpha value is -2.21. The van der Waals surface area contributed by atoms with Crippen LogP contribution in [-0.4, -0.2) is 40.8 Å². The third-order valence-corrected chi connectivity index (χ3v) is 3.97. The quantitative estimate of drug-likeness (QED) is 0.790. The Kier molecular flexibility index (Phi) is 5.02. The molecule has 3 rings (SSSR count). The van der Waals surface area contributed by atoms with Crippen molar-refractivity contribution in [3.05, 3.63) is 36.2 Å². The van der Waals surface area contributed by atoms with E-state index in [0.717, 1.165) is 24.9 Å². The van der Waals surface area contributed by atoms with Crippen LogP contribution in [0, 0.1) is 5.92 Å². The number of hydrogen-bond donors (Lipinski definition) is 0. The van der Waals surface area contributed by atoms with Crippen molar-refractivity contribution in [3.8, 4) is 11.5 Å². The molecule has 1 aliphatic heterocycles. The fourth-order valence-corrected chi connectivity index (χ4v) is 2.86. The van der Waals surface area contributed by atoms with Crippen LogP contribution in [0.15, 0.2) is 34.7 Å². The minimum Gasteiger partial charge on any atom is -0.466 e. The third-order valence-electron chi connectivity index (χ3n) is 3.97. The molecule has 0 aliphatic carbocycles. The molecular weight excluding hydrogens is 294 g/mol. The minimum absolute atomic E-state index is 0.0554. The van der Waals surface area contributed by atoms with Gasteiger partial charge in [-0.05, 0) is 38.4 Å². The van der Waals surface area contributed by atoms with E-state index in [1.807, 2.05) is 37.3 Å². The highest BCUT2D eigenvalue weighted by Gasteiger charge is 2.27. The molecule has 23 heavy (non-hydrogen) atoms. The summed E-state index contributed by atoms with van der Waals surface area (Å²) < 4.78 is 10.9. The second kappa shape index (κ2) is 7.37. The van der Waals surface area contributed by atoms with Gasteiger partial charge in [0.25, 0.3) is 0 Å². The molecule has 6 heteroatoms. The fraction of sp³-hybridized carbons (Fsp3) is 0.471. The summed E-state index contributed by atoms with van der Waals surface area (Å²) in [6.45, 7) is 4.44. The first-order valence-electron chi connectivity index (χ1n) is 8.03. The Morgan fingerprint density at radius 3 is 2.96 bits per heavy atom. The molecule has 1 aliphatic rings. The molecule has 0 spiro atoms. The zero-order chi connectivity index (χ0) is 16.1. The van der Waals surface area contributed by atoms with Crippen LogP contribution in [0.25, 0.3) is 11.5 Å². The lowest BCUT2D eigenvalue weighted by Crippen LogP contribution is -2.39. The molecular formula is C17H21N3O3. The number of carbonyl (C=O) groups excluding carboxylic acids is 1. The molecule has 122 valence electrons. The topological polar surface area (TPSA) is 68.5 Å². The summed E-state index contributed by atoms with van der Waals surface area (Å²) in [5, 5.41) is 8.22. The second-order valence-corrected chi connectivity index (χ2v) is 5.69. The van der Waals surface area contributed by atoms with Gasteiger partial charge < -0.3 is 9.15 Å². The lowest BCUT2D eigenvalue weighted by molar-refractivity contribution is -0.150. The number of carbonyl (C=O) groups is 1. The number of esters is 1. The first kappa shape index (κ1) is 15.7. The van der Waals surface area contributed by atoms with E-state index in [-0.39, 0.29) is 11.9 Å². The van der Waals surface area contributed by atoms with Crippen molar-refractivity contribution in [1.29, 1.82) is 0 Å². The van der Waals surface area contributed by atoms with Gasteiger partial charge in [0.2, 0.25) is 11.8 Å². The zero-order valence-electron chi connectivity index (χ0n) is 13.3. The van der Waals surface area contributed by atoms with Gasteiger partial charge in [0.1, 0.15) is 0 Å². The van der Waals surface area contributed by atoms with Crippen LogP contribution in [0.3, 0.4) is 0 Å². The first-order valence-corrected chi connectivity index (χ1v) is 8.03. The smallest absolute Gasteiger partial charge is 0.310 e. The highest BCUT2D eigenvalue weighted by Crippen LogP contribution is 2.21. The van der Waals surface area contributed by atoms with E-state index in [4.69, 9.17) is 9.15 Å². The van der Waals surface area contributed by atoms with Crippen LogP contribution in [0.2, 0.25) is 0 Å². The number of piperidine rings is 1. The van der Waals surface area contributed by atoms with Gasteiger partial charge in [-0.25, -0.2) is 0 Å². The van der Waals surface area contributed by atoms with Crippen LogP contribution in [0.4, 0.5) is 0 Å². The molecule has 0 radical (unpaired) electrons. The van der Waals surface area contributed by atoms with Gasteiger partial charge in [0, 0.05) is 12.1 Å².